The first-order valence-corrected chi connectivity index (χ1v) is 14.3. The summed E-state index contributed by atoms with van der Waals surface area (Å²) in [5.41, 5.74) is 5.51. The van der Waals surface area contributed by atoms with Gasteiger partial charge in [-0.25, -0.2) is 4.98 Å². The fourth-order valence-electron chi connectivity index (χ4n) is 5.02. The van der Waals surface area contributed by atoms with Gasteiger partial charge in [0.2, 0.25) is 6.79 Å². The zero-order valence-electron chi connectivity index (χ0n) is 23.1. The summed E-state index contributed by atoms with van der Waals surface area (Å²) in [6, 6.07) is 21.4. The Morgan fingerprint density at radius 2 is 1.83 bits per heavy atom. The van der Waals surface area contributed by atoms with E-state index in [1.165, 1.54) is 4.68 Å². The number of hydrogen-bond acceptors (Lipinski definition) is 6. The highest BCUT2D eigenvalue weighted by atomic mass is 79.9. The molecule has 0 saturated heterocycles. The number of hydrogen-bond donors (Lipinski definition) is 0. The Morgan fingerprint density at radius 1 is 1.02 bits per heavy atom. The van der Waals surface area contributed by atoms with Crippen LogP contribution in [0.1, 0.15) is 41.7 Å². The van der Waals surface area contributed by atoms with Crippen LogP contribution in [0.2, 0.25) is 0 Å². The number of rotatable bonds is 8. The third kappa shape index (κ3) is 5.37. The van der Waals surface area contributed by atoms with Gasteiger partial charge in [0, 0.05) is 33.5 Å². The van der Waals surface area contributed by atoms with Crippen LogP contribution in [0.15, 0.2) is 81.1 Å². The third-order valence-electron chi connectivity index (χ3n) is 7.07. The third-order valence-corrected chi connectivity index (χ3v) is 7.56. The maximum atomic E-state index is 13.4. The summed E-state index contributed by atoms with van der Waals surface area (Å²) in [6.07, 6.45) is 3.25. The first kappa shape index (κ1) is 26.8. The zero-order valence-corrected chi connectivity index (χ0v) is 24.6. The minimum atomic E-state index is -0.179. The van der Waals surface area contributed by atoms with E-state index in [4.69, 9.17) is 19.2 Å². The van der Waals surface area contributed by atoms with E-state index in [-0.39, 0.29) is 12.4 Å². The molecule has 0 fully saturated rings. The van der Waals surface area contributed by atoms with Gasteiger partial charge < -0.3 is 18.8 Å². The summed E-state index contributed by atoms with van der Waals surface area (Å²) in [7, 11) is 0. The molecular weight excluding hydrogens is 584 g/mol. The zero-order chi connectivity index (χ0) is 28.5. The Labute approximate surface area is 246 Å². The fraction of sp³-hybridized carbons (Fsp3) is 0.219. The molecule has 3 aromatic carbocycles. The van der Waals surface area contributed by atoms with E-state index < -0.39 is 0 Å². The van der Waals surface area contributed by atoms with Crippen molar-refractivity contribution in [3.05, 3.63) is 110 Å². The molecule has 6 rings (SSSR count). The molecule has 0 unspecified atom stereocenters. The van der Waals surface area contributed by atoms with Crippen LogP contribution in [0.4, 0.5) is 0 Å². The first-order chi connectivity index (χ1) is 19.9. The highest BCUT2D eigenvalue weighted by molar-refractivity contribution is 9.10. The standard InChI is InChI=1S/C32H29BrN4O4/c1-4-5-31-35-28-12-7-24(33)16-27(28)32(38)37(31)34-17-23-14-20(2)36(21(23)3)25-8-10-26(11-9-25)39-18-22-6-13-29-30(15-22)41-19-40-29/h6-17H,4-5,18-19H2,1-3H3. The molecular formula is C32H29BrN4O4. The SMILES string of the molecule is CCCc1nc2ccc(Br)cc2c(=O)n1N=Cc1cc(C)n(-c2ccc(OCc3ccc4c(c3)OCO4)cc2)c1C. The molecule has 5 aromatic rings. The normalized spacial score (nSPS) is 12.5. The molecule has 0 aliphatic carbocycles. The van der Waals surface area contributed by atoms with E-state index in [1.807, 2.05) is 61.5 Å². The van der Waals surface area contributed by atoms with Crippen molar-refractivity contribution in [2.75, 3.05) is 6.79 Å². The molecule has 0 radical (unpaired) electrons. The van der Waals surface area contributed by atoms with Gasteiger partial charge in [0.15, 0.2) is 11.5 Å². The molecule has 3 heterocycles. The molecule has 0 saturated carbocycles. The van der Waals surface area contributed by atoms with Gasteiger partial charge in [-0.3, -0.25) is 4.79 Å². The van der Waals surface area contributed by atoms with E-state index >= 15 is 0 Å². The summed E-state index contributed by atoms with van der Waals surface area (Å²) in [5, 5.41) is 5.15. The monoisotopic (exact) mass is 612 g/mol. The lowest BCUT2D eigenvalue weighted by atomic mass is 10.2. The van der Waals surface area contributed by atoms with Gasteiger partial charge in [-0.15, -0.1) is 0 Å². The topological polar surface area (TPSA) is 79.9 Å². The molecule has 0 N–H and O–H groups in total. The molecule has 208 valence electrons. The first-order valence-electron chi connectivity index (χ1n) is 13.5. The number of aromatic nitrogens is 3. The highest BCUT2D eigenvalue weighted by Gasteiger charge is 2.15. The lowest BCUT2D eigenvalue weighted by Gasteiger charge is -2.12. The van der Waals surface area contributed by atoms with E-state index in [1.54, 1.807) is 12.3 Å². The van der Waals surface area contributed by atoms with Crippen molar-refractivity contribution in [1.82, 2.24) is 14.2 Å². The number of ether oxygens (including phenoxy) is 3. The lowest BCUT2D eigenvalue weighted by molar-refractivity contribution is 0.174. The van der Waals surface area contributed by atoms with E-state index in [0.717, 1.165) is 56.3 Å². The molecule has 0 spiro atoms. The Kier molecular flexibility index (Phi) is 7.36. The van der Waals surface area contributed by atoms with Gasteiger partial charge >= 0.3 is 0 Å². The highest BCUT2D eigenvalue weighted by Crippen LogP contribution is 2.33. The maximum Gasteiger partial charge on any atom is 0.282 e. The summed E-state index contributed by atoms with van der Waals surface area (Å²) >= 11 is 3.46. The van der Waals surface area contributed by atoms with Crippen LogP contribution in [0.5, 0.6) is 17.2 Å². The Bertz CT molecular complexity index is 1840. The average molecular weight is 614 g/mol. The van der Waals surface area contributed by atoms with Crippen molar-refractivity contribution in [2.24, 2.45) is 5.10 Å². The largest absolute Gasteiger partial charge is 0.489 e. The minimum Gasteiger partial charge on any atom is -0.489 e. The van der Waals surface area contributed by atoms with Crippen LogP contribution >= 0.6 is 15.9 Å². The number of aryl methyl sites for hydroxylation is 2. The molecule has 0 bridgehead atoms. The summed E-state index contributed by atoms with van der Waals surface area (Å²) in [5.74, 6) is 2.93. The smallest absolute Gasteiger partial charge is 0.282 e. The van der Waals surface area contributed by atoms with Crippen molar-refractivity contribution in [3.8, 4) is 22.9 Å². The molecule has 1 aliphatic heterocycles. The van der Waals surface area contributed by atoms with Crippen molar-refractivity contribution < 1.29 is 14.2 Å². The van der Waals surface area contributed by atoms with Crippen LogP contribution < -0.4 is 19.8 Å². The number of fused-ring (bicyclic) bond motifs is 2. The maximum absolute atomic E-state index is 13.4. The van der Waals surface area contributed by atoms with Crippen molar-refractivity contribution in [3.63, 3.8) is 0 Å². The van der Waals surface area contributed by atoms with E-state index in [9.17, 15) is 4.79 Å². The second kappa shape index (κ2) is 11.2. The quantitative estimate of drug-likeness (QED) is 0.182. The van der Waals surface area contributed by atoms with Crippen LogP contribution in [0.25, 0.3) is 16.6 Å². The molecule has 1 aliphatic rings. The molecule has 9 heteroatoms. The molecule has 8 nitrogen and oxygen atoms in total. The van der Waals surface area contributed by atoms with Crippen LogP contribution in [-0.2, 0) is 13.0 Å². The second-order valence-electron chi connectivity index (χ2n) is 9.93. The van der Waals surface area contributed by atoms with Gasteiger partial charge in [-0.1, -0.05) is 28.9 Å². The Hall–Kier alpha value is -4.37. The van der Waals surface area contributed by atoms with E-state index in [2.05, 4.69) is 45.5 Å². The number of halogens is 1. The minimum absolute atomic E-state index is 0.179. The number of benzene rings is 3. The molecule has 0 atom stereocenters. The predicted molar refractivity (Wildman–Crippen MR) is 163 cm³/mol. The Balaban J connectivity index is 1.23. The summed E-state index contributed by atoms with van der Waals surface area (Å²) in [6.45, 7) is 6.84. The van der Waals surface area contributed by atoms with Gasteiger partial charge in [-0.2, -0.15) is 9.78 Å². The van der Waals surface area contributed by atoms with Gasteiger partial charge in [0.05, 0.1) is 17.1 Å². The predicted octanol–water partition coefficient (Wildman–Crippen LogP) is 6.71. The second-order valence-corrected chi connectivity index (χ2v) is 10.8. The van der Waals surface area contributed by atoms with Crippen LogP contribution in [0.3, 0.4) is 0 Å². The number of nitrogens with zero attached hydrogens (tertiary/aromatic N) is 4. The van der Waals surface area contributed by atoms with Gasteiger partial charge in [0.25, 0.3) is 5.56 Å². The van der Waals surface area contributed by atoms with Crippen molar-refractivity contribution >= 4 is 33.0 Å². The van der Waals surface area contributed by atoms with Gasteiger partial charge in [0.1, 0.15) is 18.2 Å². The average Bonchev–Trinajstić information content (AvgIpc) is 3.55. The molecule has 41 heavy (non-hydrogen) atoms. The van der Waals surface area contributed by atoms with E-state index in [0.29, 0.717) is 29.8 Å². The molecule has 0 amide bonds. The fourth-order valence-corrected chi connectivity index (χ4v) is 5.38. The Morgan fingerprint density at radius 3 is 2.63 bits per heavy atom. The molecule has 2 aromatic heterocycles. The van der Waals surface area contributed by atoms with Gasteiger partial charge in [-0.05, 0) is 86.5 Å². The van der Waals surface area contributed by atoms with Crippen molar-refractivity contribution in [1.29, 1.82) is 0 Å². The summed E-state index contributed by atoms with van der Waals surface area (Å²) in [4.78, 5) is 18.1. The summed E-state index contributed by atoms with van der Waals surface area (Å²) < 4.78 is 21.3. The van der Waals surface area contributed by atoms with Crippen LogP contribution in [-0.4, -0.2) is 27.2 Å². The van der Waals surface area contributed by atoms with Crippen LogP contribution in [0, 0.1) is 13.8 Å². The lowest BCUT2D eigenvalue weighted by Crippen LogP contribution is -2.22. The van der Waals surface area contributed by atoms with Crippen molar-refractivity contribution in [2.45, 2.75) is 40.2 Å².